The lowest BCUT2D eigenvalue weighted by Crippen LogP contribution is -1.83. The summed E-state index contributed by atoms with van der Waals surface area (Å²) in [4.78, 5) is 14.0. The Morgan fingerprint density at radius 3 is 3.25 bits per heavy atom. The van der Waals surface area contributed by atoms with Gasteiger partial charge in [-0.25, -0.2) is 4.98 Å². The second-order valence-corrected chi connectivity index (χ2v) is 2.48. The first-order valence-electron chi connectivity index (χ1n) is 3.57. The molecule has 0 aliphatic carbocycles. The number of hydrogen-bond donors (Lipinski definition) is 0. The van der Waals surface area contributed by atoms with Crippen LogP contribution < -0.4 is 0 Å². The van der Waals surface area contributed by atoms with E-state index in [2.05, 4.69) is 4.98 Å². The van der Waals surface area contributed by atoms with E-state index in [1.807, 2.05) is 18.4 Å². The molecule has 59 valence electrons. The highest BCUT2D eigenvalue weighted by molar-refractivity contribution is 5.73. The molecule has 0 aliphatic heterocycles. The maximum absolute atomic E-state index is 10.1. The Labute approximate surface area is 69.0 Å². The molecular formula is C9H6NO2. The number of carbonyl (C=O) groups excluding carboxylic acids is 1. The van der Waals surface area contributed by atoms with Crippen molar-refractivity contribution in [3.05, 3.63) is 30.2 Å². The van der Waals surface area contributed by atoms with Crippen molar-refractivity contribution in [2.45, 2.75) is 6.42 Å². The van der Waals surface area contributed by atoms with Gasteiger partial charge in [0.25, 0.3) is 0 Å². The minimum absolute atomic E-state index is 0.302. The quantitative estimate of drug-likeness (QED) is 0.668. The van der Waals surface area contributed by atoms with Crippen molar-refractivity contribution in [2.75, 3.05) is 0 Å². The van der Waals surface area contributed by atoms with Gasteiger partial charge in [-0.3, -0.25) is 4.79 Å². The van der Waals surface area contributed by atoms with Crippen molar-refractivity contribution < 1.29 is 9.21 Å². The lowest BCUT2D eigenvalue weighted by Gasteiger charge is -1.91. The van der Waals surface area contributed by atoms with Crippen molar-refractivity contribution in [2.24, 2.45) is 0 Å². The fourth-order valence-electron chi connectivity index (χ4n) is 1.09. The van der Waals surface area contributed by atoms with Crippen LogP contribution in [0.4, 0.5) is 0 Å². The number of aromatic nitrogens is 1. The van der Waals surface area contributed by atoms with E-state index in [4.69, 9.17) is 4.42 Å². The molecule has 0 N–H and O–H groups in total. The first-order valence-corrected chi connectivity index (χ1v) is 3.57. The van der Waals surface area contributed by atoms with Crippen molar-refractivity contribution in [1.82, 2.24) is 4.98 Å². The predicted molar refractivity (Wildman–Crippen MR) is 43.4 cm³/mol. The summed E-state index contributed by atoms with van der Waals surface area (Å²) >= 11 is 0. The number of oxazole rings is 1. The largest absolute Gasteiger partial charge is 0.443 e. The Balaban J connectivity index is 2.52. The molecule has 0 saturated carbocycles. The van der Waals surface area contributed by atoms with E-state index in [0.717, 1.165) is 11.1 Å². The fourth-order valence-corrected chi connectivity index (χ4v) is 1.09. The van der Waals surface area contributed by atoms with Crippen LogP contribution in [0.15, 0.2) is 29.0 Å². The van der Waals surface area contributed by atoms with Gasteiger partial charge in [0.05, 0.1) is 0 Å². The molecular weight excluding hydrogens is 154 g/mol. The second-order valence-electron chi connectivity index (χ2n) is 2.48. The molecule has 0 spiro atoms. The van der Waals surface area contributed by atoms with E-state index >= 15 is 0 Å². The molecule has 1 heterocycles. The van der Waals surface area contributed by atoms with Crippen LogP contribution in [0.1, 0.15) is 5.56 Å². The summed E-state index contributed by atoms with van der Waals surface area (Å²) in [5, 5.41) is 0. The van der Waals surface area contributed by atoms with Crippen LogP contribution in [0.2, 0.25) is 0 Å². The standard InChI is InChI=1S/C9H6NO2/c11-4-3-7-1-2-8-9(5-7)12-6-10-8/h1-2,5-6H,3H2. The minimum atomic E-state index is 0.302. The number of hydrogen-bond acceptors (Lipinski definition) is 3. The molecule has 12 heavy (non-hydrogen) atoms. The molecule has 1 radical (unpaired) electrons. The Kier molecular flexibility index (Phi) is 1.63. The molecule has 0 aliphatic rings. The monoisotopic (exact) mass is 160 g/mol. The van der Waals surface area contributed by atoms with E-state index < -0.39 is 0 Å². The summed E-state index contributed by atoms with van der Waals surface area (Å²) in [6.45, 7) is 0. The average Bonchev–Trinajstić information content (AvgIpc) is 2.51. The van der Waals surface area contributed by atoms with Crippen LogP contribution in [0.3, 0.4) is 0 Å². The Hall–Kier alpha value is -1.64. The molecule has 1 aromatic heterocycles. The van der Waals surface area contributed by atoms with Gasteiger partial charge in [-0.1, -0.05) is 6.07 Å². The summed E-state index contributed by atoms with van der Waals surface area (Å²) in [6, 6.07) is 5.47. The van der Waals surface area contributed by atoms with Crippen LogP contribution in [-0.2, 0) is 11.2 Å². The van der Waals surface area contributed by atoms with Gasteiger partial charge < -0.3 is 4.42 Å². The summed E-state index contributed by atoms with van der Waals surface area (Å²) < 4.78 is 5.06. The molecule has 2 aromatic rings. The molecule has 1 aromatic carbocycles. The van der Waals surface area contributed by atoms with E-state index in [0.29, 0.717) is 12.0 Å². The second kappa shape index (κ2) is 2.77. The fraction of sp³-hybridized carbons (Fsp3) is 0.111. The van der Waals surface area contributed by atoms with Gasteiger partial charge in [-0.05, 0) is 17.7 Å². The molecule has 0 bridgehead atoms. The minimum Gasteiger partial charge on any atom is -0.443 e. The van der Waals surface area contributed by atoms with Crippen LogP contribution in [-0.4, -0.2) is 11.3 Å². The smallest absolute Gasteiger partial charge is 0.203 e. The van der Waals surface area contributed by atoms with Gasteiger partial charge in [-0.2, -0.15) is 0 Å². The third-order valence-electron chi connectivity index (χ3n) is 1.67. The summed E-state index contributed by atoms with van der Waals surface area (Å²) in [7, 11) is 0. The van der Waals surface area contributed by atoms with Gasteiger partial charge in [0, 0.05) is 6.42 Å². The van der Waals surface area contributed by atoms with Crippen LogP contribution >= 0.6 is 0 Å². The van der Waals surface area contributed by atoms with Crippen LogP contribution in [0, 0.1) is 0 Å². The van der Waals surface area contributed by atoms with Gasteiger partial charge in [0.2, 0.25) is 6.29 Å². The van der Waals surface area contributed by atoms with E-state index in [9.17, 15) is 4.79 Å². The van der Waals surface area contributed by atoms with E-state index in [-0.39, 0.29) is 0 Å². The first kappa shape index (κ1) is 7.03. The van der Waals surface area contributed by atoms with Gasteiger partial charge in [0.15, 0.2) is 12.0 Å². The highest BCUT2D eigenvalue weighted by atomic mass is 16.3. The lowest BCUT2D eigenvalue weighted by molar-refractivity contribution is 0.555. The lowest BCUT2D eigenvalue weighted by atomic mass is 10.1. The molecule has 0 atom stereocenters. The first-order chi connectivity index (χ1) is 5.90. The normalized spacial score (nSPS) is 10.3. The number of rotatable bonds is 2. The zero-order chi connectivity index (χ0) is 8.39. The highest BCUT2D eigenvalue weighted by Crippen LogP contribution is 2.13. The molecule has 0 amide bonds. The Bertz CT molecular complexity index is 406. The van der Waals surface area contributed by atoms with Gasteiger partial charge in [0.1, 0.15) is 5.52 Å². The molecule has 0 saturated heterocycles. The van der Waals surface area contributed by atoms with Crippen LogP contribution in [0.25, 0.3) is 11.1 Å². The molecule has 2 rings (SSSR count). The number of fused-ring (bicyclic) bond motifs is 1. The number of nitrogens with zero attached hydrogens (tertiary/aromatic N) is 1. The van der Waals surface area contributed by atoms with Gasteiger partial charge >= 0.3 is 0 Å². The summed E-state index contributed by atoms with van der Waals surface area (Å²) in [6.07, 6.45) is 3.52. The Morgan fingerprint density at radius 2 is 2.42 bits per heavy atom. The molecule has 0 fully saturated rings. The highest BCUT2D eigenvalue weighted by Gasteiger charge is 1.99. The third-order valence-corrected chi connectivity index (χ3v) is 1.67. The van der Waals surface area contributed by atoms with E-state index in [1.165, 1.54) is 6.39 Å². The Morgan fingerprint density at radius 1 is 1.50 bits per heavy atom. The number of benzene rings is 1. The van der Waals surface area contributed by atoms with Crippen molar-refractivity contribution in [3.63, 3.8) is 0 Å². The van der Waals surface area contributed by atoms with Crippen molar-refractivity contribution in [3.8, 4) is 0 Å². The van der Waals surface area contributed by atoms with Crippen molar-refractivity contribution >= 4 is 17.4 Å². The van der Waals surface area contributed by atoms with E-state index in [1.54, 1.807) is 6.07 Å². The topological polar surface area (TPSA) is 43.1 Å². The predicted octanol–water partition coefficient (Wildman–Crippen LogP) is 1.48. The van der Waals surface area contributed by atoms with Crippen molar-refractivity contribution in [1.29, 1.82) is 0 Å². The zero-order valence-corrected chi connectivity index (χ0v) is 6.28. The molecule has 0 unspecified atom stereocenters. The van der Waals surface area contributed by atoms with Gasteiger partial charge in [-0.15, -0.1) is 0 Å². The zero-order valence-electron chi connectivity index (χ0n) is 6.28. The third kappa shape index (κ3) is 1.09. The SMILES string of the molecule is O=[C]Cc1ccc2ncoc2c1. The average molecular weight is 160 g/mol. The molecule has 3 nitrogen and oxygen atoms in total. The maximum Gasteiger partial charge on any atom is 0.203 e. The maximum atomic E-state index is 10.1. The summed E-state index contributed by atoms with van der Waals surface area (Å²) in [5.74, 6) is 0. The molecule has 3 heteroatoms. The summed E-state index contributed by atoms with van der Waals surface area (Å²) in [5.41, 5.74) is 2.42. The van der Waals surface area contributed by atoms with Crippen LogP contribution in [0.5, 0.6) is 0 Å².